The molecule has 1 saturated carbocycles. The summed E-state index contributed by atoms with van der Waals surface area (Å²) in [6.45, 7) is 1.93. The van der Waals surface area contributed by atoms with Gasteiger partial charge in [0.25, 0.3) is 0 Å². The molecule has 1 aliphatic rings. The van der Waals surface area contributed by atoms with E-state index in [4.69, 9.17) is 5.73 Å². The largest absolute Gasteiger partial charge is 0.327 e. The number of rotatable bonds is 3. The van der Waals surface area contributed by atoms with Crippen LogP contribution in [0.3, 0.4) is 0 Å². The van der Waals surface area contributed by atoms with Crippen LogP contribution in [0, 0.1) is 12.8 Å². The smallest absolute Gasteiger partial charge is 0.143 e. The quantitative estimate of drug-likeness (QED) is 0.925. The lowest BCUT2D eigenvalue weighted by molar-refractivity contribution is -0.122. The van der Waals surface area contributed by atoms with Crippen molar-refractivity contribution >= 4 is 21.7 Å². The Labute approximate surface area is 110 Å². The van der Waals surface area contributed by atoms with Gasteiger partial charge in [-0.3, -0.25) is 9.48 Å². The maximum atomic E-state index is 12.2. The average Bonchev–Trinajstić information content (AvgIpc) is 2.78. The normalized spacial score (nSPS) is 24.2. The van der Waals surface area contributed by atoms with Gasteiger partial charge in [0.05, 0.1) is 15.9 Å². The number of hydrogen-bond acceptors (Lipinski definition) is 3. The van der Waals surface area contributed by atoms with Crippen molar-refractivity contribution in [2.24, 2.45) is 18.7 Å². The lowest BCUT2D eigenvalue weighted by Crippen LogP contribution is -2.31. The van der Waals surface area contributed by atoms with Gasteiger partial charge in [-0.05, 0) is 35.7 Å². The molecule has 0 aliphatic heterocycles. The molecule has 0 spiro atoms. The molecule has 1 aromatic heterocycles. The van der Waals surface area contributed by atoms with Crippen LogP contribution in [-0.4, -0.2) is 21.6 Å². The van der Waals surface area contributed by atoms with Gasteiger partial charge in [0, 0.05) is 25.4 Å². The van der Waals surface area contributed by atoms with Crippen LogP contribution in [0.5, 0.6) is 0 Å². The molecule has 2 atom stereocenters. The zero-order valence-corrected chi connectivity index (χ0v) is 11.8. The van der Waals surface area contributed by atoms with E-state index in [0.717, 1.165) is 35.1 Å². The number of aryl methyl sites for hydroxylation is 2. The molecule has 2 N–H and O–H groups in total. The number of carbonyl (C=O) groups excluding carboxylic acids is 1. The summed E-state index contributed by atoms with van der Waals surface area (Å²) in [5.41, 5.74) is 7.83. The second-order valence-electron chi connectivity index (χ2n) is 4.81. The molecule has 4 nitrogen and oxygen atoms in total. The lowest BCUT2D eigenvalue weighted by atomic mass is 9.95. The van der Waals surface area contributed by atoms with Gasteiger partial charge in [0.15, 0.2) is 0 Å². The van der Waals surface area contributed by atoms with E-state index in [-0.39, 0.29) is 17.7 Å². The minimum Gasteiger partial charge on any atom is -0.327 e. The van der Waals surface area contributed by atoms with E-state index in [2.05, 4.69) is 21.0 Å². The molecule has 2 rings (SSSR count). The summed E-state index contributed by atoms with van der Waals surface area (Å²) in [4.78, 5) is 12.2. The standard InChI is InChI=1S/C12H18BrN3O/c1-7-12(13)10(16(2)15-7)6-11(17)8-4-3-5-9(8)14/h8-9H,3-6,14H2,1-2H3. The molecular formula is C12H18BrN3O. The Morgan fingerprint density at radius 3 is 2.76 bits per heavy atom. The van der Waals surface area contributed by atoms with Gasteiger partial charge in [-0.2, -0.15) is 5.10 Å². The summed E-state index contributed by atoms with van der Waals surface area (Å²) in [7, 11) is 1.87. The topological polar surface area (TPSA) is 60.9 Å². The third-order valence-electron chi connectivity index (χ3n) is 3.59. The molecule has 1 aromatic rings. The van der Waals surface area contributed by atoms with Crippen molar-refractivity contribution in [3.8, 4) is 0 Å². The van der Waals surface area contributed by atoms with E-state index >= 15 is 0 Å². The highest BCUT2D eigenvalue weighted by atomic mass is 79.9. The second-order valence-corrected chi connectivity index (χ2v) is 5.61. The molecule has 1 aliphatic carbocycles. The summed E-state index contributed by atoms with van der Waals surface area (Å²) < 4.78 is 2.72. The van der Waals surface area contributed by atoms with Crippen molar-refractivity contribution in [2.45, 2.75) is 38.6 Å². The van der Waals surface area contributed by atoms with Gasteiger partial charge in [-0.1, -0.05) is 6.42 Å². The number of nitrogens with zero attached hydrogens (tertiary/aromatic N) is 2. The average molecular weight is 300 g/mol. The minimum absolute atomic E-state index is 0.0390. The predicted molar refractivity (Wildman–Crippen MR) is 69.7 cm³/mol. The first-order chi connectivity index (χ1) is 8.00. The molecule has 0 saturated heterocycles. The zero-order valence-electron chi connectivity index (χ0n) is 10.2. The third kappa shape index (κ3) is 2.45. The first-order valence-corrected chi connectivity index (χ1v) is 6.76. The number of ketones is 1. The maximum absolute atomic E-state index is 12.2. The fourth-order valence-electron chi connectivity index (χ4n) is 2.56. The molecule has 2 unspecified atom stereocenters. The first kappa shape index (κ1) is 12.8. The van der Waals surface area contributed by atoms with Gasteiger partial charge in [0.1, 0.15) is 5.78 Å². The number of aromatic nitrogens is 2. The van der Waals surface area contributed by atoms with Crippen molar-refractivity contribution < 1.29 is 4.79 Å². The summed E-state index contributed by atoms with van der Waals surface area (Å²) >= 11 is 3.49. The summed E-state index contributed by atoms with van der Waals surface area (Å²) in [6.07, 6.45) is 3.41. The number of halogens is 1. The maximum Gasteiger partial charge on any atom is 0.143 e. The summed E-state index contributed by atoms with van der Waals surface area (Å²) in [5.74, 6) is 0.288. The molecule has 17 heavy (non-hydrogen) atoms. The van der Waals surface area contributed by atoms with E-state index in [9.17, 15) is 4.79 Å². The highest BCUT2D eigenvalue weighted by Crippen LogP contribution is 2.28. The predicted octanol–water partition coefficient (Wildman–Crippen LogP) is 1.73. The molecule has 0 radical (unpaired) electrons. The fourth-order valence-corrected chi connectivity index (χ4v) is 3.03. The van der Waals surface area contributed by atoms with E-state index in [1.54, 1.807) is 4.68 Å². The Bertz CT molecular complexity index is 441. The molecule has 0 aromatic carbocycles. The number of nitrogens with two attached hydrogens (primary N) is 1. The Morgan fingerprint density at radius 1 is 1.59 bits per heavy atom. The minimum atomic E-state index is 0.0390. The Balaban J connectivity index is 2.13. The molecule has 1 fully saturated rings. The van der Waals surface area contributed by atoms with Crippen molar-refractivity contribution in [1.29, 1.82) is 0 Å². The van der Waals surface area contributed by atoms with Gasteiger partial charge in [-0.25, -0.2) is 0 Å². The van der Waals surface area contributed by atoms with Crippen molar-refractivity contribution in [3.63, 3.8) is 0 Å². The Morgan fingerprint density at radius 2 is 2.29 bits per heavy atom. The highest BCUT2D eigenvalue weighted by Gasteiger charge is 2.30. The number of hydrogen-bond donors (Lipinski definition) is 1. The molecular weight excluding hydrogens is 282 g/mol. The molecule has 94 valence electrons. The molecule has 5 heteroatoms. The van der Waals surface area contributed by atoms with Crippen LogP contribution < -0.4 is 5.73 Å². The zero-order chi connectivity index (χ0) is 12.6. The third-order valence-corrected chi connectivity index (χ3v) is 4.62. The summed E-state index contributed by atoms with van der Waals surface area (Å²) in [6, 6.07) is 0.0515. The Hall–Kier alpha value is -0.680. The van der Waals surface area contributed by atoms with Crippen LogP contribution in [0.4, 0.5) is 0 Å². The van der Waals surface area contributed by atoms with E-state index in [1.807, 2.05) is 14.0 Å². The van der Waals surface area contributed by atoms with E-state index in [0.29, 0.717) is 6.42 Å². The molecule has 0 amide bonds. The van der Waals surface area contributed by atoms with Crippen LogP contribution in [0.1, 0.15) is 30.7 Å². The van der Waals surface area contributed by atoms with Crippen molar-refractivity contribution in [1.82, 2.24) is 9.78 Å². The van der Waals surface area contributed by atoms with Crippen LogP contribution in [0.25, 0.3) is 0 Å². The lowest BCUT2D eigenvalue weighted by Gasteiger charge is -2.14. The van der Waals surface area contributed by atoms with Crippen LogP contribution in [-0.2, 0) is 18.3 Å². The molecule has 1 heterocycles. The van der Waals surface area contributed by atoms with Gasteiger partial charge in [-0.15, -0.1) is 0 Å². The van der Waals surface area contributed by atoms with Gasteiger partial charge in [0.2, 0.25) is 0 Å². The van der Waals surface area contributed by atoms with Crippen LogP contribution in [0.2, 0.25) is 0 Å². The van der Waals surface area contributed by atoms with Crippen molar-refractivity contribution in [3.05, 3.63) is 15.9 Å². The van der Waals surface area contributed by atoms with E-state index in [1.165, 1.54) is 0 Å². The highest BCUT2D eigenvalue weighted by molar-refractivity contribution is 9.10. The van der Waals surface area contributed by atoms with Crippen LogP contribution in [0.15, 0.2) is 4.47 Å². The second kappa shape index (κ2) is 4.90. The number of Topliss-reactive ketones (excluding diaryl/α,β-unsaturated/α-hetero) is 1. The number of carbonyl (C=O) groups is 1. The fraction of sp³-hybridized carbons (Fsp3) is 0.667. The summed E-state index contributed by atoms with van der Waals surface area (Å²) in [5, 5.41) is 4.30. The molecule has 0 bridgehead atoms. The van der Waals surface area contributed by atoms with Gasteiger partial charge < -0.3 is 5.73 Å². The SMILES string of the molecule is Cc1nn(C)c(CC(=O)C2CCCC2N)c1Br. The van der Waals surface area contributed by atoms with Crippen molar-refractivity contribution in [2.75, 3.05) is 0 Å². The first-order valence-electron chi connectivity index (χ1n) is 5.97. The Kier molecular flexibility index (Phi) is 3.68. The monoisotopic (exact) mass is 299 g/mol. The van der Waals surface area contributed by atoms with Crippen LogP contribution >= 0.6 is 15.9 Å². The van der Waals surface area contributed by atoms with Gasteiger partial charge >= 0.3 is 0 Å². The van der Waals surface area contributed by atoms with E-state index < -0.39 is 0 Å².